The summed E-state index contributed by atoms with van der Waals surface area (Å²) in [4.78, 5) is 4.01. The van der Waals surface area contributed by atoms with E-state index in [1.807, 2.05) is 35.2 Å². The van der Waals surface area contributed by atoms with Gasteiger partial charge in [-0.2, -0.15) is 0 Å². The van der Waals surface area contributed by atoms with E-state index in [-0.39, 0.29) is 57.9 Å². The van der Waals surface area contributed by atoms with Gasteiger partial charge in [-0.25, -0.2) is 0 Å². The van der Waals surface area contributed by atoms with Crippen LogP contribution < -0.4 is 56.3 Å². The van der Waals surface area contributed by atoms with Crippen LogP contribution in [0.25, 0.3) is 0 Å². The molecule has 0 amide bonds. The molecule has 0 saturated carbocycles. The molecule has 7 heteroatoms. The predicted molar refractivity (Wildman–Crippen MR) is 73.3 cm³/mol. The van der Waals surface area contributed by atoms with Crippen molar-refractivity contribution in [3.8, 4) is 0 Å². The Hall–Kier alpha value is 0.211. The maximum atomic E-state index is 12.5. The third kappa shape index (κ3) is 5.20. The Balaban J connectivity index is 0.00000200. The summed E-state index contributed by atoms with van der Waals surface area (Å²) >= 11 is 0. The number of piperazine rings is 1. The minimum Gasteiger partial charge on any atom is -0.445 e. The molecule has 0 radical (unpaired) electrons. The van der Waals surface area contributed by atoms with Crippen LogP contribution in [0.3, 0.4) is 0 Å². The molecule has 2 rings (SSSR count). The van der Waals surface area contributed by atoms with Gasteiger partial charge in [-0.05, 0) is 18.7 Å². The summed E-state index contributed by atoms with van der Waals surface area (Å²) in [5.41, 5.74) is 0.522. The summed E-state index contributed by atoms with van der Waals surface area (Å²) in [7, 11) is 0. The van der Waals surface area contributed by atoms with E-state index >= 15 is 0 Å². The quantitative estimate of drug-likeness (QED) is 0.708. The van der Waals surface area contributed by atoms with Gasteiger partial charge in [-0.15, -0.1) is 12.1 Å². The molecule has 1 aliphatic rings. The van der Waals surface area contributed by atoms with E-state index in [9.17, 15) is 12.9 Å². The van der Waals surface area contributed by atoms with Gasteiger partial charge in [-0.1, -0.05) is 18.2 Å². The minimum atomic E-state index is -4.91. The molecule has 0 bridgehead atoms. The SMILES string of the molecule is C=C(CN1CCN(c2ccccc2)CC1)[B-](F)(F)F.[K+]. The first-order chi connectivity index (χ1) is 8.97. The average molecular weight is 308 g/mol. The number of hydrogen-bond donors (Lipinski definition) is 0. The van der Waals surface area contributed by atoms with Crippen molar-refractivity contribution in [3.05, 3.63) is 42.4 Å². The Bertz CT molecular complexity index is 431. The summed E-state index contributed by atoms with van der Waals surface area (Å²) in [5, 5.41) is 0. The van der Waals surface area contributed by atoms with Crippen molar-refractivity contribution >= 4 is 12.7 Å². The van der Waals surface area contributed by atoms with Crippen molar-refractivity contribution in [2.75, 3.05) is 37.6 Å². The second kappa shape index (κ2) is 8.01. The fourth-order valence-corrected chi connectivity index (χ4v) is 2.19. The van der Waals surface area contributed by atoms with Gasteiger partial charge in [0.05, 0.1) is 0 Å². The molecule has 1 aliphatic heterocycles. The zero-order valence-corrected chi connectivity index (χ0v) is 14.9. The summed E-state index contributed by atoms with van der Waals surface area (Å²) in [5.74, 6) is 0. The monoisotopic (exact) mass is 308 g/mol. The molecular weight excluding hydrogens is 291 g/mol. The van der Waals surface area contributed by atoms with E-state index in [0.29, 0.717) is 13.1 Å². The van der Waals surface area contributed by atoms with Crippen LogP contribution in [0.5, 0.6) is 0 Å². The molecule has 0 spiro atoms. The Morgan fingerprint density at radius 3 is 2.10 bits per heavy atom. The van der Waals surface area contributed by atoms with Crippen LogP contribution in [-0.2, 0) is 0 Å². The van der Waals surface area contributed by atoms with Gasteiger partial charge in [0.15, 0.2) is 0 Å². The van der Waals surface area contributed by atoms with Crippen molar-refractivity contribution in [1.82, 2.24) is 4.90 Å². The Kier molecular flexibility index (Phi) is 7.31. The zero-order valence-electron chi connectivity index (χ0n) is 11.7. The molecule has 1 heterocycles. The fraction of sp³-hybridized carbons (Fsp3) is 0.385. The molecule has 0 N–H and O–H groups in total. The third-order valence-electron chi connectivity index (χ3n) is 3.38. The third-order valence-corrected chi connectivity index (χ3v) is 3.38. The van der Waals surface area contributed by atoms with Crippen molar-refractivity contribution in [1.29, 1.82) is 0 Å². The number of anilines is 1. The first-order valence-electron chi connectivity index (χ1n) is 6.37. The van der Waals surface area contributed by atoms with Gasteiger partial charge in [0.1, 0.15) is 0 Å². The van der Waals surface area contributed by atoms with E-state index in [1.54, 1.807) is 0 Å². The number of hydrogen-bond acceptors (Lipinski definition) is 2. The average Bonchev–Trinajstić information content (AvgIpc) is 2.39. The van der Waals surface area contributed by atoms with Crippen LogP contribution in [-0.4, -0.2) is 44.6 Å². The molecular formula is C13H17BF3KN2. The maximum Gasteiger partial charge on any atom is 1.00 e. The van der Waals surface area contributed by atoms with Gasteiger partial charge in [-0.3, -0.25) is 4.90 Å². The molecule has 104 valence electrons. The molecule has 0 atom stereocenters. The van der Waals surface area contributed by atoms with E-state index in [1.165, 1.54) is 0 Å². The standard InChI is InChI=1S/C13H17BF3N2.K/c1-12(14(15,16)17)11-18-7-9-19(10-8-18)13-5-3-2-4-6-13;/h2-6H,1,7-11H2;/q-1;+1. The van der Waals surface area contributed by atoms with Gasteiger partial charge < -0.3 is 17.8 Å². The van der Waals surface area contributed by atoms with Gasteiger partial charge in [0, 0.05) is 31.9 Å². The van der Waals surface area contributed by atoms with Crippen molar-refractivity contribution < 1.29 is 64.3 Å². The Morgan fingerprint density at radius 1 is 1.05 bits per heavy atom. The first-order valence-corrected chi connectivity index (χ1v) is 6.37. The van der Waals surface area contributed by atoms with Crippen molar-refractivity contribution in [2.45, 2.75) is 0 Å². The Labute approximate surface area is 160 Å². The summed E-state index contributed by atoms with van der Waals surface area (Å²) < 4.78 is 37.4. The topological polar surface area (TPSA) is 6.48 Å². The summed E-state index contributed by atoms with van der Waals surface area (Å²) in [6.45, 7) is 0.955. The van der Waals surface area contributed by atoms with Gasteiger partial charge in [0.2, 0.25) is 0 Å². The van der Waals surface area contributed by atoms with E-state index in [0.717, 1.165) is 18.8 Å². The first kappa shape index (κ1) is 18.3. The van der Waals surface area contributed by atoms with Gasteiger partial charge >= 0.3 is 58.4 Å². The fourth-order valence-electron chi connectivity index (χ4n) is 2.19. The van der Waals surface area contributed by atoms with Gasteiger partial charge in [0.25, 0.3) is 0 Å². The summed E-state index contributed by atoms with van der Waals surface area (Å²) in [6, 6.07) is 9.93. The molecule has 20 heavy (non-hydrogen) atoms. The van der Waals surface area contributed by atoms with Crippen LogP contribution in [0.1, 0.15) is 0 Å². The smallest absolute Gasteiger partial charge is 0.445 e. The van der Waals surface area contributed by atoms with Crippen LogP contribution in [0.4, 0.5) is 18.6 Å². The van der Waals surface area contributed by atoms with Crippen LogP contribution in [0.2, 0.25) is 0 Å². The molecule has 0 aromatic heterocycles. The predicted octanol–water partition coefficient (Wildman–Crippen LogP) is -0.245. The molecule has 1 aromatic carbocycles. The van der Waals surface area contributed by atoms with E-state index in [2.05, 4.69) is 11.5 Å². The number of benzene rings is 1. The maximum absolute atomic E-state index is 12.5. The molecule has 0 aliphatic carbocycles. The molecule has 1 fully saturated rings. The Morgan fingerprint density at radius 2 is 1.60 bits per heavy atom. The second-order valence-electron chi connectivity index (χ2n) is 4.83. The minimum absolute atomic E-state index is 0. The molecule has 1 saturated heterocycles. The molecule has 1 aromatic rings. The number of halogens is 3. The second-order valence-corrected chi connectivity index (χ2v) is 4.83. The molecule has 0 unspecified atom stereocenters. The number of para-hydroxylation sites is 1. The van der Waals surface area contributed by atoms with Crippen molar-refractivity contribution in [2.24, 2.45) is 0 Å². The zero-order chi connectivity index (χ0) is 13.9. The van der Waals surface area contributed by atoms with E-state index < -0.39 is 12.4 Å². The van der Waals surface area contributed by atoms with Crippen molar-refractivity contribution in [3.63, 3.8) is 0 Å². The number of nitrogens with zero attached hydrogens (tertiary/aromatic N) is 2. The van der Waals surface area contributed by atoms with E-state index in [4.69, 9.17) is 0 Å². The normalized spacial score (nSPS) is 16.6. The number of rotatable bonds is 4. The summed E-state index contributed by atoms with van der Waals surface area (Å²) in [6.07, 6.45) is 0. The largest absolute Gasteiger partial charge is 1.00 e. The molecule has 2 nitrogen and oxygen atoms in total. The van der Waals surface area contributed by atoms with Crippen LogP contribution in [0, 0.1) is 0 Å². The van der Waals surface area contributed by atoms with Crippen LogP contribution >= 0.6 is 0 Å². The van der Waals surface area contributed by atoms with Crippen LogP contribution in [0.15, 0.2) is 42.4 Å².